The molecule has 3 rings (SSSR count). The van der Waals surface area contributed by atoms with Crippen molar-refractivity contribution in [3.63, 3.8) is 0 Å². The van der Waals surface area contributed by atoms with Gasteiger partial charge in [-0.3, -0.25) is 19.8 Å². The number of nitrogens with one attached hydrogen (secondary N) is 2. The predicted octanol–water partition coefficient (Wildman–Crippen LogP) is 2.23. The van der Waals surface area contributed by atoms with Crippen LogP contribution in [0.4, 0.5) is 0 Å². The Bertz CT molecular complexity index is 1350. The Morgan fingerprint density at radius 2 is 1.71 bits per heavy atom. The molecular formula is C23H26N4O6S. The van der Waals surface area contributed by atoms with Crippen LogP contribution in [0, 0.1) is 0 Å². The zero-order valence-electron chi connectivity index (χ0n) is 18.7. The number of hydrazine groups is 1. The van der Waals surface area contributed by atoms with Crippen LogP contribution >= 0.6 is 0 Å². The van der Waals surface area contributed by atoms with E-state index in [2.05, 4.69) is 10.5 Å². The average molecular weight is 487 g/mol. The number of aliphatic carboxylic acids is 1. The lowest BCUT2D eigenvalue weighted by Crippen LogP contribution is -2.42. The van der Waals surface area contributed by atoms with Crippen LogP contribution in [0.25, 0.3) is 10.8 Å². The summed E-state index contributed by atoms with van der Waals surface area (Å²) in [5, 5.41) is 13.6. The van der Waals surface area contributed by atoms with E-state index in [1.54, 1.807) is 24.3 Å². The van der Waals surface area contributed by atoms with Gasteiger partial charge in [-0.05, 0) is 36.6 Å². The van der Waals surface area contributed by atoms with Gasteiger partial charge in [0.15, 0.2) is 5.69 Å². The second-order valence-electron chi connectivity index (χ2n) is 7.73. The molecule has 34 heavy (non-hydrogen) atoms. The van der Waals surface area contributed by atoms with Gasteiger partial charge in [0.1, 0.15) is 0 Å². The van der Waals surface area contributed by atoms with Gasteiger partial charge < -0.3 is 5.11 Å². The highest BCUT2D eigenvalue weighted by Gasteiger charge is 2.20. The number of carboxylic acids is 1. The first-order chi connectivity index (χ1) is 16.2. The Hall–Kier alpha value is -3.57. The second kappa shape index (κ2) is 11.0. The molecule has 0 fully saturated rings. The summed E-state index contributed by atoms with van der Waals surface area (Å²) >= 11 is 0. The number of rotatable bonds is 11. The molecule has 10 nitrogen and oxygen atoms in total. The van der Waals surface area contributed by atoms with Crippen LogP contribution in [0.15, 0.2) is 58.2 Å². The molecule has 0 saturated heterocycles. The molecule has 0 aliphatic heterocycles. The predicted molar refractivity (Wildman–Crippen MR) is 126 cm³/mol. The number of amides is 1. The Balaban J connectivity index is 1.79. The zero-order chi connectivity index (χ0) is 24.7. The Morgan fingerprint density at radius 3 is 2.35 bits per heavy atom. The summed E-state index contributed by atoms with van der Waals surface area (Å²) in [6, 6.07) is 12.2. The van der Waals surface area contributed by atoms with Crippen LogP contribution in [-0.2, 0) is 27.8 Å². The van der Waals surface area contributed by atoms with Crippen LogP contribution < -0.4 is 15.8 Å². The number of sulfonamides is 1. The molecule has 11 heteroatoms. The molecule has 0 aliphatic carbocycles. The molecule has 0 bridgehead atoms. The highest BCUT2D eigenvalue weighted by Crippen LogP contribution is 2.14. The van der Waals surface area contributed by atoms with Crippen LogP contribution in [0.5, 0.6) is 0 Å². The van der Waals surface area contributed by atoms with Gasteiger partial charge in [0.25, 0.3) is 21.5 Å². The van der Waals surface area contributed by atoms with Gasteiger partial charge in [-0.2, -0.15) is 5.10 Å². The first-order valence-corrected chi connectivity index (χ1v) is 12.3. The second-order valence-corrected chi connectivity index (χ2v) is 9.41. The van der Waals surface area contributed by atoms with Crippen molar-refractivity contribution in [3.8, 4) is 0 Å². The number of carbonyl (C=O) groups is 2. The molecule has 0 atom stereocenters. The fraction of sp³-hybridized carbons (Fsp3) is 0.304. The summed E-state index contributed by atoms with van der Waals surface area (Å²) in [5.41, 5.74) is 2.45. The van der Waals surface area contributed by atoms with E-state index in [-0.39, 0.29) is 29.0 Å². The van der Waals surface area contributed by atoms with Crippen molar-refractivity contribution in [2.24, 2.45) is 0 Å². The topological polar surface area (TPSA) is 147 Å². The maximum Gasteiger partial charge on any atom is 0.303 e. The molecule has 1 aromatic heterocycles. The number of benzene rings is 2. The van der Waals surface area contributed by atoms with E-state index in [0.717, 1.165) is 19.3 Å². The summed E-state index contributed by atoms with van der Waals surface area (Å²) in [7, 11) is -4.10. The standard InChI is InChI=1S/C23H26N4O6S/c1-2-3-6-15-27-23(31)19-8-5-4-7-18(19)21(25-27)22(30)24-26-34(32,33)17-12-9-16(10-13-17)11-14-20(28)29/h4-5,7-10,12-13,26H,2-3,6,11,14-15H2,1H3,(H,24,30)(H,28,29). The van der Waals surface area contributed by atoms with Crippen molar-refractivity contribution in [2.45, 2.75) is 50.5 Å². The number of nitrogens with zero attached hydrogens (tertiary/aromatic N) is 2. The number of carbonyl (C=O) groups excluding carboxylic acids is 1. The summed E-state index contributed by atoms with van der Waals surface area (Å²) < 4.78 is 26.5. The highest BCUT2D eigenvalue weighted by molar-refractivity contribution is 7.89. The van der Waals surface area contributed by atoms with Gasteiger partial charge in [-0.1, -0.05) is 50.1 Å². The molecule has 2 aromatic carbocycles. The molecule has 180 valence electrons. The number of aromatic nitrogens is 2. The number of carboxylic acid groups (broad SMARTS) is 1. The third kappa shape index (κ3) is 6.06. The van der Waals surface area contributed by atoms with E-state index >= 15 is 0 Å². The minimum absolute atomic E-state index is 0.0675. The normalized spacial score (nSPS) is 11.4. The van der Waals surface area contributed by atoms with Crippen LogP contribution in [0.3, 0.4) is 0 Å². The van der Waals surface area contributed by atoms with Gasteiger partial charge in [0.2, 0.25) is 0 Å². The van der Waals surface area contributed by atoms with Crippen molar-refractivity contribution in [1.82, 2.24) is 20.0 Å². The molecule has 1 amide bonds. The van der Waals surface area contributed by atoms with E-state index in [1.807, 2.05) is 11.8 Å². The Kier molecular flexibility index (Phi) is 8.13. The highest BCUT2D eigenvalue weighted by atomic mass is 32.2. The summed E-state index contributed by atoms with van der Waals surface area (Å²) in [4.78, 5) is 38.2. The van der Waals surface area contributed by atoms with Gasteiger partial charge in [0.05, 0.1) is 10.3 Å². The lowest BCUT2D eigenvalue weighted by atomic mass is 10.1. The smallest absolute Gasteiger partial charge is 0.303 e. The molecule has 0 radical (unpaired) electrons. The third-order valence-corrected chi connectivity index (χ3v) is 6.48. The van der Waals surface area contributed by atoms with E-state index in [9.17, 15) is 22.8 Å². The van der Waals surface area contributed by atoms with E-state index in [0.29, 0.717) is 22.9 Å². The largest absolute Gasteiger partial charge is 0.481 e. The SMILES string of the molecule is CCCCCn1nc(C(=O)NNS(=O)(=O)c2ccc(CCC(=O)O)cc2)c2ccccc2c1=O. The van der Waals surface area contributed by atoms with Crippen molar-refractivity contribution in [1.29, 1.82) is 0 Å². The number of hydrogen-bond donors (Lipinski definition) is 3. The number of fused-ring (bicyclic) bond motifs is 1. The minimum atomic E-state index is -4.10. The zero-order valence-corrected chi connectivity index (χ0v) is 19.5. The lowest BCUT2D eigenvalue weighted by molar-refractivity contribution is -0.136. The quantitative estimate of drug-likeness (QED) is 0.278. The number of aryl methyl sites for hydroxylation is 2. The average Bonchev–Trinajstić information content (AvgIpc) is 2.83. The van der Waals surface area contributed by atoms with Crippen molar-refractivity contribution >= 4 is 32.7 Å². The summed E-state index contributed by atoms with van der Waals surface area (Å²) in [5.74, 6) is -1.75. The fourth-order valence-electron chi connectivity index (χ4n) is 3.38. The maximum atomic E-state index is 12.9. The minimum Gasteiger partial charge on any atom is -0.481 e. The Morgan fingerprint density at radius 1 is 1.03 bits per heavy atom. The third-order valence-electron chi connectivity index (χ3n) is 5.22. The first-order valence-electron chi connectivity index (χ1n) is 10.9. The molecule has 0 unspecified atom stereocenters. The summed E-state index contributed by atoms with van der Waals surface area (Å²) in [6.45, 7) is 2.38. The van der Waals surface area contributed by atoms with Gasteiger partial charge in [-0.15, -0.1) is 4.83 Å². The first kappa shape index (κ1) is 25.1. The number of unbranched alkanes of at least 4 members (excludes halogenated alkanes) is 2. The van der Waals surface area contributed by atoms with E-state index < -0.39 is 21.9 Å². The molecule has 0 saturated carbocycles. The maximum absolute atomic E-state index is 12.9. The van der Waals surface area contributed by atoms with Crippen molar-refractivity contribution in [3.05, 3.63) is 70.1 Å². The van der Waals surface area contributed by atoms with Crippen LogP contribution in [-0.4, -0.2) is 35.2 Å². The van der Waals surface area contributed by atoms with Gasteiger partial charge in [-0.25, -0.2) is 13.1 Å². The van der Waals surface area contributed by atoms with E-state index in [1.165, 1.54) is 28.9 Å². The van der Waals surface area contributed by atoms with Crippen LogP contribution in [0.1, 0.15) is 48.7 Å². The molecular weight excluding hydrogens is 460 g/mol. The van der Waals surface area contributed by atoms with E-state index in [4.69, 9.17) is 5.11 Å². The molecule has 1 heterocycles. The van der Waals surface area contributed by atoms with Gasteiger partial charge in [0, 0.05) is 18.4 Å². The Labute approximate surface area is 196 Å². The summed E-state index contributed by atoms with van der Waals surface area (Å²) in [6.07, 6.45) is 2.78. The molecule has 3 aromatic rings. The molecule has 3 N–H and O–H groups in total. The van der Waals surface area contributed by atoms with Crippen LogP contribution in [0.2, 0.25) is 0 Å². The number of hydrogen-bond acceptors (Lipinski definition) is 6. The lowest BCUT2D eigenvalue weighted by Gasteiger charge is -2.12. The molecule has 0 aliphatic rings. The monoisotopic (exact) mass is 486 g/mol. The van der Waals surface area contributed by atoms with Crippen molar-refractivity contribution < 1.29 is 23.1 Å². The molecule has 0 spiro atoms. The van der Waals surface area contributed by atoms with Crippen molar-refractivity contribution in [2.75, 3.05) is 0 Å². The van der Waals surface area contributed by atoms with Gasteiger partial charge >= 0.3 is 5.97 Å². The fourth-order valence-corrected chi connectivity index (χ4v) is 4.22.